The van der Waals surface area contributed by atoms with Crippen LogP contribution in [-0.2, 0) is 35.3 Å². The van der Waals surface area contributed by atoms with Crippen LogP contribution in [-0.4, -0.2) is 99.1 Å². The van der Waals surface area contributed by atoms with Gasteiger partial charge in [-0.2, -0.15) is 0 Å². The number of hydrogen-bond donors (Lipinski definition) is 0. The van der Waals surface area contributed by atoms with Crippen LogP contribution in [0.15, 0.2) is 18.6 Å². The molecule has 0 bridgehead atoms. The van der Waals surface area contributed by atoms with Crippen LogP contribution in [0.5, 0.6) is 0 Å². The second-order valence-corrected chi connectivity index (χ2v) is 18.2. The summed E-state index contributed by atoms with van der Waals surface area (Å²) < 4.78 is 10.2. The van der Waals surface area contributed by atoms with E-state index in [4.69, 9.17) is 9.47 Å². The van der Waals surface area contributed by atoms with Crippen molar-refractivity contribution in [3.63, 3.8) is 0 Å². The molecule has 0 amide bonds. The Bertz CT molecular complexity index is 777. The first-order chi connectivity index (χ1) is 20.4. The van der Waals surface area contributed by atoms with Gasteiger partial charge in [-0.15, -0.1) is 13.1 Å². The molecule has 3 rings (SSSR count). The van der Waals surface area contributed by atoms with Crippen molar-refractivity contribution in [2.24, 2.45) is 21.7 Å². The van der Waals surface area contributed by atoms with Crippen LogP contribution in [0.3, 0.4) is 0 Å². The zero-order valence-corrected chi connectivity index (χ0v) is 36.4. The van der Waals surface area contributed by atoms with E-state index in [0.29, 0.717) is 21.7 Å². The second-order valence-electron chi connectivity index (χ2n) is 18.2. The molecular weight excluding hydrogens is 745 g/mol. The molecule has 0 saturated carbocycles. The number of methoxy groups -OCH3 is 1. The minimum Gasteiger partial charge on any atom is -0.660 e. The van der Waals surface area contributed by atoms with Crippen LogP contribution in [0, 0.1) is 21.7 Å². The van der Waals surface area contributed by atoms with Gasteiger partial charge >= 0.3 is 0 Å². The van der Waals surface area contributed by atoms with Gasteiger partial charge < -0.3 is 19.7 Å². The first-order valence-corrected chi connectivity index (χ1v) is 17.3. The summed E-state index contributed by atoms with van der Waals surface area (Å²) in [7, 11) is 1.73. The Morgan fingerprint density at radius 1 is 0.696 bits per heavy atom. The minimum atomic E-state index is 0. The molecule has 0 aromatic carbocycles. The quantitative estimate of drug-likeness (QED) is 0.304. The molecule has 1 aromatic rings. The Hall–Kier alpha value is -0.458. The zero-order valence-electron chi connectivity index (χ0n) is 33.6. The largest absolute Gasteiger partial charge is 0.660 e. The zero-order chi connectivity index (χ0) is 35.4. The van der Waals surface area contributed by atoms with Gasteiger partial charge in [-0.3, -0.25) is 14.9 Å². The van der Waals surface area contributed by atoms with Gasteiger partial charge in [0.2, 0.25) is 0 Å². The van der Waals surface area contributed by atoms with Crippen molar-refractivity contribution >= 4 is 0 Å². The first kappa shape index (κ1) is 49.9. The standard InChI is InChI=1S/C9H19N2.C9H19NO.C8H12N2.C6H14O.C6H14.Re/c1-9(2,3)8-11-6-4-10-5-7-11;1-9(2,3)8-10-4-6-11-7-5-10;1-8(2,3)7-6-9-4-5-10-7;1-6(2,3)5-7-4;1-5-6(2,3)4;/h2*4-8H2,1-3H3;4-6H,1-3H3;5H2,1-4H3;5H2,1-4H3;/q-1;;;;;. The van der Waals surface area contributed by atoms with Gasteiger partial charge in [0.05, 0.1) is 25.5 Å². The van der Waals surface area contributed by atoms with E-state index in [1.807, 2.05) is 0 Å². The second kappa shape index (κ2) is 24.6. The molecule has 7 nitrogen and oxygen atoms in total. The molecule has 2 saturated heterocycles. The maximum absolute atomic E-state index is 5.27. The van der Waals surface area contributed by atoms with Gasteiger partial charge in [0.25, 0.3) is 0 Å². The molecule has 0 N–H and O–H groups in total. The van der Waals surface area contributed by atoms with Crippen molar-refractivity contribution in [1.29, 1.82) is 0 Å². The van der Waals surface area contributed by atoms with Gasteiger partial charge in [-0.25, -0.2) is 0 Å². The summed E-state index contributed by atoms with van der Waals surface area (Å²) >= 11 is 0. The van der Waals surface area contributed by atoms with Crippen molar-refractivity contribution in [2.75, 3.05) is 79.3 Å². The molecule has 2 aliphatic heterocycles. The average Bonchev–Trinajstić information content (AvgIpc) is 2.88. The van der Waals surface area contributed by atoms with Gasteiger partial charge in [0.1, 0.15) is 0 Å². The predicted molar refractivity (Wildman–Crippen MR) is 198 cm³/mol. The van der Waals surface area contributed by atoms with Crippen molar-refractivity contribution in [3.8, 4) is 0 Å². The molecule has 0 spiro atoms. The van der Waals surface area contributed by atoms with E-state index >= 15 is 0 Å². The molecule has 1 aromatic heterocycles. The molecule has 8 heteroatoms. The summed E-state index contributed by atoms with van der Waals surface area (Å²) in [6.45, 7) is 47.2. The molecule has 2 aliphatic rings. The number of piperazine rings is 1. The van der Waals surface area contributed by atoms with Gasteiger partial charge in [0.15, 0.2) is 0 Å². The van der Waals surface area contributed by atoms with Crippen LogP contribution in [0.1, 0.15) is 123 Å². The molecule has 0 unspecified atom stereocenters. The number of ether oxygens (including phenoxy) is 2. The van der Waals surface area contributed by atoms with Crippen molar-refractivity contribution in [3.05, 3.63) is 29.6 Å². The first-order valence-electron chi connectivity index (χ1n) is 17.3. The number of morpholine rings is 1. The summed E-state index contributed by atoms with van der Waals surface area (Å²) in [5, 5.41) is 4.32. The van der Waals surface area contributed by atoms with Crippen molar-refractivity contribution in [2.45, 2.75) is 123 Å². The van der Waals surface area contributed by atoms with Gasteiger partial charge in [0, 0.05) is 77.7 Å². The van der Waals surface area contributed by atoms with E-state index in [9.17, 15) is 0 Å². The van der Waals surface area contributed by atoms with Crippen LogP contribution in [0.2, 0.25) is 0 Å². The predicted octanol–water partition coefficient (Wildman–Crippen LogP) is 8.98. The Labute approximate surface area is 301 Å². The van der Waals surface area contributed by atoms with E-state index < -0.39 is 0 Å². The normalized spacial score (nSPS) is 16.5. The topological polar surface area (TPSA) is 64.8 Å². The SMILES string of the molecule is CC(C)(C)CN1CCOCC1.CC(C)(C)CN1CC[N-]CC1.CC(C)(C)c1cnccn1.CCC(C)(C)C.COCC(C)(C)C.[Re]. The summed E-state index contributed by atoms with van der Waals surface area (Å²) in [4.78, 5) is 13.2. The summed E-state index contributed by atoms with van der Waals surface area (Å²) in [6, 6.07) is 0. The molecule has 1 radical (unpaired) electrons. The van der Waals surface area contributed by atoms with E-state index in [2.05, 4.69) is 136 Å². The van der Waals surface area contributed by atoms with Gasteiger partial charge in [-0.05, 0) is 34.7 Å². The molecule has 275 valence electrons. The number of nitrogens with zero attached hydrogens (tertiary/aromatic N) is 5. The summed E-state index contributed by atoms with van der Waals surface area (Å²) in [6.07, 6.45) is 6.49. The fourth-order valence-corrected chi connectivity index (χ4v) is 4.03. The van der Waals surface area contributed by atoms with Gasteiger partial charge in [-0.1, -0.05) is 117 Å². The summed E-state index contributed by atoms with van der Waals surface area (Å²) in [5.74, 6) is 0. The monoisotopic (exact) mass is 824 g/mol. The van der Waals surface area contributed by atoms with E-state index in [1.54, 1.807) is 25.7 Å². The van der Waals surface area contributed by atoms with Crippen molar-refractivity contribution in [1.82, 2.24) is 19.8 Å². The third-order valence-electron chi connectivity index (χ3n) is 6.62. The molecule has 46 heavy (non-hydrogen) atoms. The van der Waals surface area contributed by atoms with E-state index in [1.165, 1.54) is 19.5 Å². The maximum atomic E-state index is 5.27. The Morgan fingerprint density at radius 3 is 1.39 bits per heavy atom. The minimum absolute atomic E-state index is 0. The third kappa shape index (κ3) is 36.4. The van der Waals surface area contributed by atoms with Crippen LogP contribution >= 0.6 is 0 Å². The average molecular weight is 823 g/mol. The Kier molecular flexibility index (Phi) is 26.7. The molecule has 0 aliphatic carbocycles. The number of rotatable bonds is 3. The smallest absolute Gasteiger partial charge is 0.0640 e. The fraction of sp³-hybridized carbons (Fsp3) is 0.895. The van der Waals surface area contributed by atoms with Crippen LogP contribution in [0.4, 0.5) is 0 Å². The Morgan fingerprint density at radius 2 is 1.13 bits per heavy atom. The molecule has 3 heterocycles. The third-order valence-corrected chi connectivity index (χ3v) is 6.62. The van der Waals surface area contributed by atoms with Crippen LogP contribution < -0.4 is 0 Å². The van der Waals surface area contributed by atoms with Crippen LogP contribution in [0.25, 0.3) is 5.32 Å². The number of hydrogen-bond acceptors (Lipinski definition) is 6. The van der Waals surface area contributed by atoms with E-state index in [0.717, 1.165) is 64.8 Å². The molecular formula is C38H78N5O2Re-. The van der Waals surface area contributed by atoms with Crippen molar-refractivity contribution < 1.29 is 29.9 Å². The fourth-order valence-electron chi connectivity index (χ4n) is 4.03. The maximum Gasteiger partial charge on any atom is 0.0640 e. The summed E-state index contributed by atoms with van der Waals surface area (Å²) in [5.41, 5.74) is 2.90. The number of aromatic nitrogens is 2. The molecule has 0 atom stereocenters. The molecule has 2 fully saturated rings. The van der Waals surface area contributed by atoms with E-state index in [-0.39, 0.29) is 25.8 Å². The Balaban J connectivity index is -0.000000510.